The number of hydrogen-bond acceptors (Lipinski definition) is 3. The number of allylic oxidation sites excluding steroid dienone is 1. The van der Waals surface area contributed by atoms with E-state index in [4.69, 9.17) is 0 Å². The summed E-state index contributed by atoms with van der Waals surface area (Å²) in [4.78, 5) is 24.2. The van der Waals surface area contributed by atoms with Crippen LogP contribution in [0.5, 0.6) is 0 Å². The Kier molecular flexibility index (Phi) is 1.96. The second-order valence-electron chi connectivity index (χ2n) is 5.13. The van der Waals surface area contributed by atoms with Crippen molar-refractivity contribution in [3.8, 4) is 0 Å². The molecule has 1 spiro atoms. The molecule has 82 valence electrons. The van der Waals surface area contributed by atoms with Crippen LogP contribution in [0.3, 0.4) is 0 Å². The van der Waals surface area contributed by atoms with Crippen molar-refractivity contribution in [2.45, 2.75) is 33.6 Å². The van der Waals surface area contributed by atoms with E-state index in [0.717, 1.165) is 0 Å². The molecule has 2 aliphatic rings. The smallest absolute Gasteiger partial charge is 0.172 e. The van der Waals surface area contributed by atoms with Crippen LogP contribution in [0.2, 0.25) is 0 Å². The van der Waals surface area contributed by atoms with Crippen LogP contribution in [0.4, 0.5) is 0 Å². The van der Waals surface area contributed by atoms with Gasteiger partial charge in [-0.25, -0.2) is 0 Å². The van der Waals surface area contributed by atoms with Crippen LogP contribution in [0.25, 0.3) is 0 Å². The number of rotatable bonds is 1. The van der Waals surface area contributed by atoms with Crippen LogP contribution < -0.4 is 0 Å². The normalized spacial score (nSPS) is 27.5. The lowest BCUT2D eigenvalue weighted by Crippen LogP contribution is -2.44. The molecule has 1 saturated carbocycles. The first kappa shape index (κ1) is 10.6. The van der Waals surface area contributed by atoms with E-state index in [2.05, 4.69) is 0 Å². The summed E-state index contributed by atoms with van der Waals surface area (Å²) in [6.45, 7) is 5.13. The maximum atomic E-state index is 12.2. The average Bonchev–Trinajstić information content (AvgIpc) is 2.95. The van der Waals surface area contributed by atoms with Gasteiger partial charge in [-0.05, 0) is 44.8 Å². The van der Waals surface area contributed by atoms with E-state index in [-0.39, 0.29) is 18.2 Å². The van der Waals surface area contributed by atoms with Gasteiger partial charge in [-0.15, -0.1) is 0 Å². The SMILES string of the molecule is CC1=C(CO)C(C)(C)C(=O)C2(CC2)C1=O. The lowest BCUT2D eigenvalue weighted by Gasteiger charge is -2.35. The zero-order valence-electron chi connectivity index (χ0n) is 9.39. The summed E-state index contributed by atoms with van der Waals surface area (Å²) in [6, 6.07) is 0. The molecule has 3 heteroatoms. The largest absolute Gasteiger partial charge is 0.392 e. The van der Waals surface area contributed by atoms with Crippen LogP contribution in [-0.2, 0) is 9.59 Å². The number of ketones is 2. The summed E-state index contributed by atoms with van der Waals surface area (Å²) in [7, 11) is 0. The van der Waals surface area contributed by atoms with E-state index in [1.54, 1.807) is 20.8 Å². The molecule has 0 bridgehead atoms. The molecule has 0 aliphatic heterocycles. The Bertz CT molecular complexity index is 384. The van der Waals surface area contributed by atoms with Gasteiger partial charge in [-0.1, -0.05) is 0 Å². The molecular formula is C12H16O3. The van der Waals surface area contributed by atoms with Gasteiger partial charge in [0.15, 0.2) is 11.6 Å². The predicted molar refractivity (Wildman–Crippen MR) is 55.2 cm³/mol. The van der Waals surface area contributed by atoms with Crippen LogP contribution in [0, 0.1) is 10.8 Å². The van der Waals surface area contributed by atoms with Gasteiger partial charge in [-0.3, -0.25) is 9.59 Å². The Morgan fingerprint density at radius 1 is 1.27 bits per heavy atom. The molecule has 0 aromatic carbocycles. The lowest BCUT2D eigenvalue weighted by molar-refractivity contribution is -0.139. The summed E-state index contributed by atoms with van der Waals surface area (Å²) < 4.78 is 0. The Balaban J connectivity index is 2.61. The van der Waals surface area contributed by atoms with Crippen LogP contribution in [0.1, 0.15) is 33.6 Å². The van der Waals surface area contributed by atoms with Crippen molar-refractivity contribution in [3.05, 3.63) is 11.1 Å². The molecule has 2 rings (SSSR count). The van der Waals surface area contributed by atoms with Gasteiger partial charge in [0.1, 0.15) is 0 Å². The van der Waals surface area contributed by atoms with Gasteiger partial charge in [0.25, 0.3) is 0 Å². The molecule has 0 aromatic rings. The van der Waals surface area contributed by atoms with Crippen molar-refractivity contribution in [2.24, 2.45) is 10.8 Å². The minimum Gasteiger partial charge on any atom is -0.392 e. The summed E-state index contributed by atoms with van der Waals surface area (Å²) >= 11 is 0. The fourth-order valence-corrected chi connectivity index (χ4v) is 2.70. The molecule has 0 unspecified atom stereocenters. The molecule has 1 fully saturated rings. The number of Topliss-reactive ketones (excluding diaryl/α,β-unsaturated/α-hetero) is 2. The third-order valence-corrected chi connectivity index (χ3v) is 3.89. The molecule has 0 aromatic heterocycles. The summed E-state index contributed by atoms with van der Waals surface area (Å²) in [5.74, 6) is -0.0643. The number of hydrogen-bond donors (Lipinski definition) is 1. The Morgan fingerprint density at radius 3 is 2.20 bits per heavy atom. The fraction of sp³-hybridized carbons (Fsp3) is 0.667. The average molecular weight is 208 g/mol. The molecule has 0 radical (unpaired) electrons. The fourth-order valence-electron chi connectivity index (χ4n) is 2.70. The summed E-state index contributed by atoms with van der Waals surface area (Å²) in [5.41, 5.74) is -0.204. The van der Waals surface area contributed by atoms with Crippen LogP contribution in [0.15, 0.2) is 11.1 Å². The third kappa shape index (κ3) is 1.10. The summed E-state index contributed by atoms with van der Waals surface area (Å²) in [5, 5.41) is 9.26. The van der Waals surface area contributed by atoms with Crippen molar-refractivity contribution in [3.63, 3.8) is 0 Å². The molecule has 2 aliphatic carbocycles. The van der Waals surface area contributed by atoms with Crippen molar-refractivity contribution < 1.29 is 14.7 Å². The highest BCUT2D eigenvalue weighted by atomic mass is 16.3. The number of carbonyl (C=O) groups excluding carboxylic acids is 2. The third-order valence-electron chi connectivity index (χ3n) is 3.89. The second-order valence-corrected chi connectivity index (χ2v) is 5.13. The lowest BCUT2D eigenvalue weighted by atomic mass is 9.65. The topological polar surface area (TPSA) is 54.4 Å². The van der Waals surface area contributed by atoms with E-state index >= 15 is 0 Å². The van der Waals surface area contributed by atoms with Gasteiger partial charge in [0.2, 0.25) is 0 Å². The maximum Gasteiger partial charge on any atom is 0.172 e. The van der Waals surface area contributed by atoms with Crippen molar-refractivity contribution in [1.82, 2.24) is 0 Å². The van der Waals surface area contributed by atoms with E-state index in [1.165, 1.54) is 0 Å². The van der Waals surface area contributed by atoms with E-state index in [0.29, 0.717) is 24.0 Å². The Hall–Kier alpha value is -0.960. The first-order valence-corrected chi connectivity index (χ1v) is 5.29. The molecule has 3 nitrogen and oxygen atoms in total. The highest BCUT2D eigenvalue weighted by molar-refractivity contribution is 6.21. The molecule has 0 amide bonds. The van der Waals surface area contributed by atoms with Gasteiger partial charge < -0.3 is 5.11 Å². The molecule has 15 heavy (non-hydrogen) atoms. The van der Waals surface area contributed by atoms with Crippen molar-refractivity contribution in [1.29, 1.82) is 0 Å². The highest BCUT2D eigenvalue weighted by Gasteiger charge is 2.63. The molecule has 0 atom stereocenters. The predicted octanol–water partition coefficient (Wildman–Crippen LogP) is 1.25. The number of carbonyl (C=O) groups is 2. The van der Waals surface area contributed by atoms with Crippen molar-refractivity contribution >= 4 is 11.6 Å². The first-order chi connectivity index (χ1) is 6.88. The molecule has 0 saturated heterocycles. The van der Waals surface area contributed by atoms with E-state index in [1.807, 2.05) is 0 Å². The number of aliphatic hydroxyl groups is 1. The Labute approximate surface area is 89.2 Å². The van der Waals surface area contributed by atoms with Crippen LogP contribution >= 0.6 is 0 Å². The van der Waals surface area contributed by atoms with Gasteiger partial charge in [0.05, 0.1) is 12.0 Å². The zero-order chi connectivity index (χ0) is 11.4. The standard InChI is InChI=1S/C12H16O3/c1-7-8(6-13)11(2,3)10(15)12(4-5-12)9(7)14/h13H,4-6H2,1-3H3. The second kappa shape index (κ2) is 2.79. The Morgan fingerprint density at radius 2 is 1.80 bits per heavy atom. The monoisotopic (exact) mass is 208 g/mol. The van der Waals surface area contributed by atoms with Crippen molar-refractivity contribution in [2.75, 3.05) is 6.61 Å². The minimum absolute atomic E-state index is 0.00495. The number of aliphatic hydroxyl groups excluding tert-OH is 1. The van der Waals surface area contributed by atoms with Gasteiger partial charge >= 0.3 is 0 Å². The molecular weight excluding hydrogens is 192 g/mol. The van der Waals surface area contributed by atoms with E-state index in [9.17, 15) is 14.7 Å². The minimum atomic E-state index is -0.716. The van der Waals surface area contributed by atoms with Gasteiger partial charge in [-0.2, -0.15) is 0 Å². The highest BCUT2D eigenvalue weighted by Crippen LogP contribution is 2.57. The maximum absolute atomic E-state index is 12.2. The molecule has 0 heterocycles. The van der Waals surface area contributed by atoms with Crippen LogP contribution in [-0.4, -0.2) is 23.3 Å². The zero-order valence-corrected chi connectivity index (χ0v) is 9.39. The molecule has 1 N–H and O–H groups in total. The van der Waals surface area contributed by atoms with E-state index < -0.39 is 10.8 Å². The summed E-state index contributed by atoms with van der Waals surface area (Å²) in [6.07, 6.45) is 1.37. The quantitative estimate of drug-likeness (QED) is 0.660. The van der Waals surface area contributed by atoms with Gasteiger partial charge in [0, 0.05) is 5.41 Å². The first-order valence-electron chi connectivity index (χ1n) is 5.29.